The van der Waals surface area contributed by atoms with Crippen LogP contribution in [-0.4, -0.2) is 51.8 Å². The van der Waals surface area contributed by atoms with Gasteiger partial charge in [-0.3, -0.25) is 0 Å². The minimum Gasteiger partial charge on any atom is -0.489 e. The summed E-state index contributed by atoms with van der Waals surface area (Å²) in [5.74, 6) is -1.49. The van der Waals surface area contributed by atoms with Gasteiger partial charge in [-0.1, -0.05) is 12.1 Å². The molecule has 1 fully saturated rings. The van der Waals surface area contributed by atoms with E-state index in [0.717, 1.165) is 12.8 Å². The van der Waals surface area contributed by atoms with Crippen LogP contribution in [0.3, 0.4) is 0 Å². The number of hydrogen-bond acceptors (Lipinski definition) is 5. The molecule has 160 valence electrons. The maximum absolute atomic E-state index is 14.3. The number of aromatic nitrogens is 1. The zero-order valence-corrected chi connectivity index (χ0v) is 17.4. The normalized spacial score (nSPS) is 14.7. The van der Waals surface area contributed by atoms with Gasteiger partial charge in [-0.05, 0) is 57.4 Å². The second-order valence-corrected chi connectivity index (χ2v) is 8.45. The molecule has 1 aliphatic carbocycles. The van der Waals surface area contributed by atoms with Crippen LogP contribution in [-0.2, 0) is 4.74 Å². The Hall–Kier alpha value is -3.16. The SMILES string of the molecule is CN(C(=O)OC(C)(C)C)C1(COc2cnc(F)c(-c3cccc(C(=O)O)c3)c2)CC1. The summed E-state index contributed by atoms with van der Waals surface area (Å²) < 4.78 is 25.5. The van der Waals surface area contributed by atoms with Gasteiger partial charge in [-0.2, -0.15) is 4.39 Å². The number of rotatable bonds is 6. The first kappa shape index (κ1) is 21.5. The van der Waals surface area contributed by atoms with Crippen LogP contribution in [0.2, 0.25) is 0 Å². The average Bonchev–Trinajstić information content (AvgIpc) is 3.46. The highest BCUT2D eigenvalue weighted by Crippen LogP contribution is 2.42. The number of pyridine rings is 1. The van der Waals surface area contributed by atoms with Crippen LogP contribution < -0.4 is 4.74 Å². The van der Waals surface area contributed by atoms with Crippen molar-refractivity contribution in [1.82, 2.24) is 9.88 Å². The number of nitrogens with zero attached hydrogens (tertiary/aromatic N) is 2. The molecule has 0 radical (unpaired) electrons. The molecule has 1 aliphatic rings. The monoisotopic (exact) mass is 416 g/mol. The maximum atomic E-state index is 14.3. The fourth-order valence-electron chi connectivity index (χ4n) is 2.99. The molecule has 1 N–H and O–H groups in total. The highest BCUT2D eigenvalue weighted by molar-refractivity contribution is 5.89. The number of hydrogen-bond donors (Lipinski definition) is 1. The zero-order valence-electron chi connectivity index (χ0n) is 17.4. The Bertz CT molecular complexity index is 966. The Balaban J connectivity index is 1.74. The summed E-state index contributed by atoms with van der Waals surface area (Å²) in [4.78, 5) is 28.8. The fraction of sp³-hybridized carbons (Fsp3) is 0.409. The third kappa shape index (κ3) is 4.87. The van der Waals surface area contributed by atoms with Gasteiger partial charge in [0.2, 0.25) is 5.95 Å². The molecule has 0 bridgehead atoms. The number of benzene rings is 1. The van der Waals surface area contributed by atoms with E-state index in [9.17, 15) is 14.0 Å². The molecule has 0 aliphatic heterocycles. The van der Waals surface area contributed by atoms with Crippen molar-refractivity contribution in [3.63, 3.8) is 0 Å². The highest BCUT2D eigenvalue weighted by atomic mass is 19.1. The molecule has 1 aromatic heterocycles. The van der Waals surface area contributed by atoms with Crippen molar-refractivity contribution in [3.05, 3.63) is 48.0 Å². The lowest BCUT2D eigenvalue weighted by atomic mass is 10.0. The summed E-state index contributed by atoms with van der Waals surface area (Å²) in [7, 11) is 1.68. The number of amides is 1. The zero-order chi connectivity index (χ0) is 22.1. The standard InChI is InChI=1S/C22H25FN2O5/c1-21(2,3)30-20(28)25(4)22(8-9-22)13-29-16-11-17(18(23)24-12-16)14-6-5-7-15(10-14)19(26)27/h5-7,10-12H,8-9,13H2,1-4H3,(H,26,27). The predicted molar refractivity (Wildman–Crippen MR) is 108 cm³/mol. The van der Waals surface area contributed by atoms with Gasteiger partial charge in [0.1, 0.15) is 18.0 Å². The van der Waals surface area contributed by atoms with Crippen molar-refractivity contribution in [3.8, 4) is 16.9 Å². The summed E-state index contributed by atoms with van der Waals surface area (Å²) in [5.41, 5.74) is -0.490. The Morgan fingerprint density at radius 1 is 1.27 bits per heavy atom. The molecule has 0 atom stereocenters. The minimum atomic E-state index is -1.10. The van der Waals surface area contributed by atoms with Gasteiger partial charge in [-0.15, -0.1) is 0 Å². The molecule has 1 amide bonds. The largest absolute Gasteiger partial charge is 0.489 e. The van der Waals surface area contributed by atoms with Crippen molar-refractivity contribution in [2.24, 2.45) is 0 Å². The first-order chi connectivity index (χ1) is 14.0. The Labute approximate surface area is 174 Å². The molecule has 0 spiro atoms. The van der Waals surface area contributed by atoms with Crippen LogP contribution in [0.4, 0.5) is 9.18 Å². The van der Waals surface area contributed by atoms with E-state index in [1.807, 2.05) is 0 Å². The third-order valence-corrected chi connectivity index (χ3v) is 4.95. The number of likely N-dealkylation sites (N-methyl/N-ethyl adjacent to an activating group) is 1. The van der Waals surface area contributed by atoms with Gasteiger partial charge in [0, 0.05) is 12.6 Å². The minimum absolute atomic E-state index is 0.0501. The number of halogens is 1. The molecule has 8 heteroatoms. The highest BCUT2D eigenvalue weighted by Gasteiger charge is 2.50. The van der Waals surface area contributed by atoms with Gasteiger partial charge < -0.3 is 19.5 Å². The average molecular weight is 416 g/mol. The van der Waals surface area contributed by atoms with E-state index in [0.29, 0.717) is 11.3 Å². The molecule has 0 saturated heterocycles. The molecule has 1 saturated carbocycles. The summed E-state index contributed by atoms with van der Waals surface area (Å²) in [6.07, 6.45) is 2.38. The lowest BCUT2D eigenvalue weighted by Crippen LogP contribution is -2.45. The fourth-order valence-corrected chi connectivity index (χ4v) is 2.99. The van der Waals surface area contributed by atoms with E-state index in [-0.39, 0.29) is 17.7 Å². The van der Waals surface area contributed by atoms with Crippen LogP contribution in [0, 0.1) is 5.95 Å². The molecule has 1 heterocycles. The molecule has 30 heavy (non-hydrogen) atoms. The number of carboxylic acids is 1. The van der Waals surface area contributed by atoms with E-state index in [1.165, 1.54) is 24.4 Å². The van der Waals surface area contributed by atoms with Gasteiger partial charge >= 0.3 is 12.1 Å². The summed E-state index contributed by atoms with van der Waals surface area (Å²) in [6.45, 7) is 5.63. The summed E-state index contributed by atoms with van der Waals surface area (Å²) in [6, 6.07) is 7.44. The topological polar surface area (TPSA) is 89.0 Å². The van der Waals surface area contributed by atoms with Crippen molar-refractivity contribution >= 4 is 12.1 Å². The van der Waals surface area contributed by atoms with E-state index < -0.39 is 29.2 Å². The van der Waals surface area contributed by atoms with Crippen LogP contribution in [0.25, 0.3) is 11.1 Å². The van der Waals surface area contributed by atoms with Crippen molar-refractivity contribution in [1.29, 1.82) is 0 Å². The smallest absolute Gasteiger partial charge is 0.410 e. The molecule has 7 nitrogen and oxygen atoms in total. The second kappa shape index (κ2) is 7.93. The first-order valence-electron chi connectivity index (χ1n) is 9.60. The first-order valence-corrected chi connectivity index (χ1v) is 9.60. The third-order valence-electron chi connectivity index (χ3n) is 4.95. The van der Waals surface area contributed by atoms with Crippen LogP contribution in [0.1, 0.15) is 44.0 Å². The van der Waals surface area contributed by atoms with Crippen molar-refractivity contribution < 1.29 is 28.6 Å². The Kier molecular flexibility index (Phi) is 5.70. The Morgan fingerprint density at radius 2 is 1.97 bits per heavy atom. The molecule has 0 unspecified atom stereocenters. The van der Waals surface area contributed by atoms with Crippen LogP contribution in [0.5, 0.6) is 5.75 Å². The second-order valence-electron chi connectivity index (χ2n) is 8.45. The molecule has 2 aromatic rings. The number of carboxylic acid groups (broad SMARTS) is 1. The van der Waals surface area contributed by atoms with Crippen molar-refractivity contribution in [2.45, 2.75) is 44.8 Å². The van der Waals surface area contributed by atoms with Gasteiger partial charge in [0.15, 0.2) is 0 Å². The molecular formula is C22H25FN2O5. The maximum Gasteiger partial charge on any atom is 0.410 e. The summed E-state index contributed by atoms with van der Waals surface area (Å²) in [5, 5.41) is 9.15. The summed E-state index contributed by atoms with van der Waals surface area (Å²) >= 11 is 0. The van der Waals surface area contributed by atoms with Crippen LogP contribution >= 0.6 is 0 Å². The van der Waals surface area contributed by atoms with Gasteiger partial charge in [0.05, 0.1) is 17.3 Å². The number of aromatic carboxylic acids is 1. The molecule has 1 aromatic carbocycles. The van der Waals surface area contributed by atoms with Crippen molar-refractivity contribution in [2.75, 3.05) is 13.7 Å². The number of carbonyl (C=O) groups excluding carboxylic acids is 1. The molecular weight excluding hydrogens is 391 g/mol. The number of ether oxygens (including phenoxy) is 2. The van der Waals surface area contributed by atoms with E-state index >= 15 is 0 Å². The lowest BCUT2D eigenvalue weighted by molar-refractivity contribution is 0.0139. The van der Waals surface area contributed by atoms with Crippen LogP contribution in [0.15, 0.2) is 36.5 Å². The predicted octanol–water partition coefficient (Wildman–Crippen LogP) is 4.36. The Morgan fingerprint density at radius 3 is 2.57 bits per heavy atom. The quantitative estimate of drug-likeness (QED) is 0.704. The van der Waals surface area contributed by atoms with E-state index in [4.69, 9.17) is 14.6 Å². The van der Waals surface area contributed by atoms with E-state index in [2.05, 4.69) is 4.98 Å². The van der Waals surface area contributed by atoms with E-state index in [1.54, 1.807) is 44.9 Å². The molecule has 3 rings (SSSR count). The number of carbonyl (C=O) groups is 2. The lowest BCUT2D eigenvalue weighted by Gasteiger charge is -2.30. The van der Waals surface area contributed by atoms with Gasteiger partial charge in [0.25, 0.3) is 0 Å². The van der Waals surface area contributed by atoms with Gasteiger partial charge in [-0.25, -0.2) is 14.6 Å².